The molecule has 3 aromatic heterocycles. The molecule has 252 valence electrons. The van der Waals surface area contributed by atoms with E-state index in [4.69, 9.17) is 14.5 Å². The molecule has 4 atom stereocenters. The highest BCUT2D eigenvalue weighted by atomic mass is 19.1. The van der Waals surface area contributed by atoms with E-state index in [9.17, 15) is 14.7 Å². The number of fused-ring (bicyclic) bond motifs is 5. The second-order valence-corrected chi connectivity index (χ2v) is 12.4. The minimum atomic E-state index is -1.28. The average Bonchev–Trinajstić information content (AvgIpc) is 3.06. The van der Waals surface area contributed by atoms with Gasteiger partial charge in [0, 0.05) is 43.5 Å². The summed E-state index contributed by atoms with van der Waals surface area (Å²) in [4.78, 5) is 44.4. The molecule has 1 N–H and O–H groups in total. The first-order chi connectivity index (χ1) is 23.0. The Morgan fingerprint density at radius 2 is 1.94 bits per heavy atom. The van der Waals surface area contributed by atoms with E-state index in [1.807, 2.05) is 32.6 Å². The Morgan fingerprint density at radius 3 is 2.65 bits per heavy atom. The van der Waals surface area contributed by atoms with E-state index in [-0.39, 0.29) is 83.2 Å². The topological polar surface area (TPSA) is 123 Å². The highest BCUT2D eigenvalue weighted by molar-refractivity contribution is 5.92. The van der Waals surface area contributed by atoms with Gasteiger partial charge in [-0.25, -0.2) is 23.1 Å². The fourth-order valence-corrected chi connectivity index (χ4v) is 6.63. The Hall–Kier alpha value is -4.75. The van der Waals surface area contributed by atoms with Crippen LogP contribution in [0.15, 0.2) is 54.0 Å². The molecule has 2 bridgehead atoms. The second kappa shape index (κ2) is 13.0. The van der Waals surface area contributed by atoms with Crippen molar-refractivity contribution in [2.75, 3.05) is 31.2 Å². The number of benzene rings is 1. The van der Waals surface area contributed by atoms with Crippen LogP contribution in [0.1, 0.15) is 57.9 Å². The highest BCUT2D eigenvalue weighted by Crippen LogP contribution is 2.40. The zero-order valence-electron chi connectivity index (χ0n) is 27.5. The summed E-state index contributed by atoms with van der Waals surface area (Å²) in [6.45, 7) is 13.4. The van der Waals surface area contributed by atoms with E-state index >= 15 is 8.78 Å². The van der Waals surface area contributed by atoms with E-state index in [0.717, 1.165) is 6.07 Å². The maximum Gasteiger partial charge on any atom is 0.355 e. The molecule has 6 rings (SSSR count). The van der Waals surface area contributed by atoms with Crippen molar-refractivity contribution in [1.29, 1.82) is 0 Å². The van der Waals surface area contributed by atoms with E-state index in [2.05, 4.69) is 16.5 Å². The van der Waals surface area contributed by atoms with E-state index in [1.165, 1.54) is 28.8 Å². The van der Waals surface area contributed by atoms with Gasteiger partial charge < -0.3 is 24.4 Å². The van der Waals surface area contributed by atoms with Gasteiger partial charge in [0.15, 0.2) is 11.5 Å². The van der Waals surface area contributed by atoms with Crippen LogP contribution in [0.4, 0.5) is 14.6 Å². The highest BCUT2D eigenvalue weighted by Gasteiger charge is 2.36. The summed E-state index contributed by atoms with van der Waals surface area (Å²) >= 11 is 0. The molecule has 48 heavy (non-hydrogen) atoms. The second-order valence-electron chi connectivity index (χ2n) is 12.4. The predicted octanol–water partition coefficient (Wildman–Crippen LogP) is 4.69. The number of piperazine rings is 1. The summed E-state index contributed by atoms with van der Waals surface area (Å²) in [5, 5.41) is 11.7. The lowest BCUT2D eigenvalue weighted by Gasteiger charge is -2.44. The minimum Gasteiger partial charge on any atom is -0.490 e. The van der Waals surface area contributed by atoms with Crippen LogP contribution >= 0.6 is 0 Å². The van der Waals surface area contributed by atoms with Crippen molar-refractivity contribution in [2.24, 2.45) is 0 Å². The molecule has 11 nitrogen and oxygen atoms in total. The van der Waals surface area contributed by atoms with Crippen LogP contribution in [0.2, 0.25) is 0 Å². The van der Waals surface area contributed by atoms with E-state index < -0.39 is 29.5 Å². The van der Waals surface area contributed by atoms with Crippen molar-refractivity contribution in [3.63, 3.8) is 0 Å². The van der Waals surface area contributed by atoms with Gasteiger partial charge in [0.05, 0.1) is 22.3 Å². The van der Waals surface area contributed by atoms with E-state index in [0.29, 0.717) is 17.8 Å². The number of nitrogens with zero attached hydrogens (tertiary/aromatic N) is 6. The molecule has 2 aliphatic rings. The van der Waals surface area contributed by atoms with Crippen LogP contribution in [0.25, 0.3) is 28.0 Å². The lowest BCUT2D eigenvalue weighted by molar-refractivity contribution is -0.128. The summed E-state index contributed by atoms with van der Waals surface area (Å²) in [6, 6.07) is 6.28. The largest absolute Gasteiger partial charge is 0.490 e. The number of aliphatic hydroxyl groups excluding tert-OH is 1. The smallest absolute Gasteiger partial charge is 0.355 e. The number of aliphatic hydroxyl groups is 1. The van der Waals surface area contributed by atoms with Gasteiger partial charge >= 0.3 is 5.69 Å². The van der Waals surface area contributed by atoms with Crippen molar-refractivity contribution in [3.8, 4) is 22.7 Å². The van der Waals surface area contributed by atoms with Crippen molar-refractivity contribution in [2.45, 2.75) is 64.8 Å². The van der Waals surface area contributed by atoms with Gasteiger partial charge in [-0.1, -0.05) is 26.5 Å². The number of amides is 1. The van der Waals surface area contributed by atoms with Crippen molar-refractivity contribution in [3.05, 3.63) is 82.6 Å². The summed E-state index contributed by atoms with van der Waals surface area (Å²) in [5.41, 5.74) is -0.188. The number of ether oxygens (including phenoxy) is 2. The number of pyridine rings is 2. The van der Waals surface area contributed by atoms with Crippen LogP contribution in [0.3, 0.4) is 0 Å². The van der Waals surface area contributed by atoms with Gasteiger partial charge in [0.1, 0.15) is 41.9 Å². The summed E-state index contributed by atoms with van der Waals surface area (Å²) in [5.74, 6) is -1.98. The first-order valence-corrected chi connectivity index (χ1v) is 16.0. The maximum absolute atomic E-state index is 16.4. The third kappa shape index (κ3) is 5.60. The Kier molecular flexibility index (Phi) is 9.01. The molecular formula is C35H38F2N6O5. The fraction of sp³-hybridized carbons (Fsp3) is 0.400. The summed E-state index contributed by atoms with van der Waals surface area (Å²) < 4.78 is 45.2. The van der Waals surface area contributed by atoms with Crippen molar-refractivity contribution < 1.29 is 28.2 Å². The lowest BCUT2D eigenvalue weighted by atomic mass is 9.97. The van der Waals surface area contributed by atoms with Crippen LogP contribution < -0.4 is 15.3 Å². The molecule has 4 aromatic rings. The first-order valence-electron chi connectivity index (χ1n) is 16.0. The average molecular weight is 661 g/mol. The normalized spacial score (nSPS) is 20.9. The number of aromatic nitrogens is 4. The van der Waals surface area contributed by atoms with Crippen LogP contribution in [-0.2, 0) is 9.53 Å². The Morgan fingerprint density at radius 1 is 1.17 bits per heavy atom. The number of hydrogen-bond acceptors (Lipinski definition) is 9. The summed E-state index contributed by atoms with van der Waals surface area (Å²) in [7, 11) is 0. The molecule has 1 saturated heterocycles. The van der Waals surface area contributed by atoms with Crippen LogP contribution in [0.5, 0.6) is 5.75 Å². The summed E-state index contributed by atoms with van der Waals surface area (Å²) in [6.07, 6.45) is 0.548. The molecule has 1 aromatic carbocycles. The molecule has 13 heteroatoms. The van der Waals surface area contributed by atoms with Crippen molar-refractivity contribution in [1.82, 2.24) is 24.4 Å². The van der Waals surface area contributed by atoms with Gasteiger partial charge in [-0.05, 0) is 57.0 Å². The minimum absolute atomic E-state index is 0.00140. The van der Waals surface area contributed by atoms with Gasteiger partial charge in [-0.3, -0.25) is 9.78 Å². The van der Waals surface area contributed by atoms with Gasteiger partial charge in [0.25, 0.3) is 0 Å². The molecule has 0 aliphatic carbocycles. The zero-order chi connectivity index (χ0) is 34.4. The van der Waals surface area contributed by atoms with Gasteiger partial charge in [-0.15, -0.1) is 0 Å². The molecule has 1 amide bonds. The molecule has 2 aliphatic heterocycles. The number of halogens is 2. The number of rotatable bonds is 5. The fourth-order valence-electron chi connectivity index (χ4n) is 6.63. The monoisotopic (exact) mass is 660 g/mol. The molecule has 2 unspecified atom stereocenters. The van der Waals surface area contributed by atoms with Gasteiger partial charge in [0.2, 0.25) is 5.91 Å². The van der Waals surface area contributed by atoms with Crippen LogP contribution in [0, 0.1) is 11.6 Å². The van der Waals surface area contributed by atoms with Crippen molar-refractivity contribution >= 4 is 22.8 Å². The Labute approximate surface area is 276 Å². The standard InChI is InChI=1S/C35H38F2N6O5/c1-7-27(45)41-15-20(6)42(16-19(41)5)33-22-14-24(37)30-28-23(36)10-9-11-26(28)48-17-25(44)32(47-8-2)21-12-13-38-29(18(3)4)31(21)43(34(22)39-30)35(46)40-33/h7,9-14,18-20,25,32,44H,1,8,15-17H2,2-6H3/t19-,20+,25?,32?/m1/s1. The number of hydrogen-bond donors (Lipinski definition) is 1. The SMILES string of the molecule is C=CC(=O)N1C[C@H](C)N(c2nc(=O)n3c4nc(c(F)cc24)-c2c(F)cccc2OCC(O)C(OCC)c2ccnc(C(C)C)c2-3)C[C@H]1C. The predicted molar refractivity (Wildman–Crippen MR) is 176 cm³/mol. The Balaban J connectivity index is 1.73. The van der Waals surface area contributed by atoms with Crippen LogP contribution in [-0.4, -0.2) is 79.9 Å². The maximum atomic E-state index is 16.4. The number of carbonyl (C=O) groups is 1. The molecule has 5 heterocycles. The van der Waals surface area contributed by atoms with E-state index in [1.54, 1.807) is 24.1 Å². The molecular weight excluding hydrogens is 622 g/mol. The molecule has 1 fully saturated rings. The Bertz CT molecular complexity index is 1970. The molecule has 0 spiro atoms. The third-order valence-corrected chi connectivity index (χ3v) is 8.90. The molecule has 0 radical (unpaired) electrons. The first kappa shape index (κ1) is 33.2. The quantitative estimate of drug-likeness (QED) is 0.304. The third-order valence-electron chi connectivity index (χ3n) is 8.90. The number of anilines is 1. The lowest BCUT2D eigenvalue weighted by Crippen LogP contribution is -2.58. The molecule has 0 saturated carbocycles. The zero-order valence-corrected chi connectivity index (χ0v) is 27.5. The number of carbonyl (C=O) groups excluding carboxylic acids is 1. The van der Waals surface area contributed by atoms with Gasteiger partial charge in [-0.2, -0.15) is 4.98 Å².